The van der Waals surface area contributed by atoms with Crippen molar-refractivity contribution >= 4 is 17.3 Å². The van der Waals surface area contributed by atoms with Gasteiger partial charge >= 0.3 is 0 Å². The third-order valence-electron chi connectivity index (χ3n) is 2.36. The molecule has 2 aromatic rings. The lowest BCUT2D eigenvalue weighted by Crippen LogP contribution is -1.99. The number of methoxy groups -OCH3 is 1. The van der Waals surface area contributed by atoms with E-state index in [0.29, 0.717) is 5.15 Å². The van der Waals surface area contributed by atoms with Gasteiger partial charge in [0.05, 0.1) is 7.11 Å². The SMILES string of the molecule is COc1cccc(CNc2ccnc(Cl)c2)c1. The van der Waals surface area contributed by atoms with Crippen molar-refractivity contribution in [2.24, 2.45) is 0 Å². The molecule has 4 heteroatoms. The molecule has 2 rings (SSSR count). The minimum atomic E-state index is 0.487. The summed E-state index contributed by atoms with van der Waals surface area (Å²) in [6, 6.07) is 11.6. The molecule has 0 aliphatic heterocycles. The highest BCUT2D eigenvalue weighted by Crippen LogP contribution is 2.16. The number of rotatable bonds is 4. The molecule has 0 aliphatic rings. The minimum Gasteiger partial charge on any atom is -0.497 e. The second-order valence-electron chi connectivity index (χ2n) is 3.57. The molecule has 1 aromatic heterocycles. The number of halogens is 1. The third kappa shape index (κ3) is 3.36. The van der Waals surface area contributed by atoms with Gasteiger partial charge in [-0.2, -0.15) is 0 Å². The van der Waals surface area contributed by atoms with E-state index in [1.165, 1.54) is 0 Å². The van der Waals surface area contributed by atoms with Crippen molar-refractivity contribution in [3.8, 4) is 5.75 Å². The van der Waals surface area contributed by atoms with Gasteiger partial charge in [0.1, 0.15) is 10.9 Å². The summed E-state index contributed by atoms with van der Waals surface area (Å²) in [6.45, 7) is 0.720. The van der Waals surface area contributed by atoms with Crippen LogP contribution in [-0.2, 0) is 6.54 Å². The zero-order chi connectivity index (χ0) is 12.1. The quantitative estimate of drug-likeness (QED) is 0.843. The Morgan fingerprint density at radius 3 is 2.94 bits per heavy atom. The van der Waals surface area contributed by atoms with Crippen molar-refractivity contribution in [3.63, 3.8) is 0 Å². The summed E-state index contributed by atoms with van der Waals surface area (Å²) < 4.78 is 5.17. The summed E-state index contributed by atoms with van der Waals surface area (Å²) in [4.78, 5) is 3.93. The largest absolute Gasteiger partial charge is 0.497 e. The van der Waals surface area contributed by atoms with Crippen molar-refractivity contribution < 1.29 is 4.74 Å². The average Bonchev–Trinajstić information content (AvgIpc) is 2.37. The molecule has 0 saturated carbocycles. The van der Waals surface area contributed by atoms with Crippen LogP contribution in [0.3, 0.4) is 0 Å². The van der Waals surface area contributed by atoms with Gasteiger partial charge in [-0.1, -0.05) is 23.7 Å². The monoisotopic (exact) mass is 248 g/mol. The Labute approximate surface area is 105 Å². The second kappa shape index (κ2) is 5.55. The number of hydrogen-bond donors (Lipinski definition) is 1. The fraction of sp³-hybridized carbons (Fsp3) is 0.154. The standard InChI is InChI=1S/C13H13ClN2O/c1-17-12-4-2-3-10(7-12)9-16-11-5-6-15-13(14)8-11/h2-8H,9H2,1H3,(H,15,16). The molecular formula is C13H13ClN2O. The summed E-state index contributed by atoms with van der Waals surface area (Å²) in [5.41, 5.74) is 2.10. The molecule has 0 aliphatic carbocycles. The topological polar surface area (TPSA) is 34.1 Å². The predicted octanol–water partition coefficient (Wildman–Crippen LogP) is 3.36. The summed E-state index contributed by atoms with van der Waals surface area (Å²) in [5.74, 6) is 0.858. The first-order valence-electron chi connectivity index (χ1n) is 5.26. The molecule has 0 spiro atoms. The Balaban J connectivity index is 2.02. The normalized spacial score (nSPS) is 10.0. The number of nitrogens with zero attached hydrogens (tertiary/aromatic N) is 1. The van der Waals surface area contributed by atoms with Crippen LogP contribution in [0.4, 0.5) is 5.69 Å². The zero-order valence-electron chi connectivity index (χ0n) is 9.48. The van der Waals surface area contributed by atoms with Crippen molar-refractivity contribution in [2.75, 3.05) is 12.4 Å². The molecule has 0 saturated heterocycles. The first kappa shape index (κ1) is 11.7. The lowest BCUT2D eigenvalue weighted by Gasteiger charge is -2.07. The maximum atomic E-state index is 5.80. The first-order chi connectivity index (χ1) is 8.28. The second-order valence-corrected chi connectivity index (χ2v) is 3.96. The molecular weight excluding hydrogens is 236 g/mol. The molecule has 0 atom stereocenters. The highest BCUT2D eigenvalue weighted by molar-refractivity contribution is 6.29. The van der Waals surface area contributed by atoms with Gasteiger partial charge < -0.3 is 10.1 Å². The lowest BCUT2D eigenvalue weighted by atomic mass is 10.2. The molecule has 0 radical (unpaired) electrons. The van der Waals surface area contributed by atoms with Gasteiger partial charge in [-0.3, -0.25) is 0 Å². The van der Waals surface area contributed by atoms with E-state index >= 15 is 0 Å². The van der Waals surface area contributed by atoms with E-state index in [2.05, 4.69) is 10.3 Å². The molecule has 0 bridgehead atoms. The van der Waals surface area contributed by atoms with E-state index in [-0.39, 0.29) is 0 Å². The Bertz CT molecular complexity index is 502. The Kier molecular flexibility index (Phi) is 3.83. The Morgan fingerprint density at radius 1 is 1.29 bits per heavy atom. The van der Waals surface area contributed by atoms with E-state index in [9.17, 15) is 0 Å². The van der Waals surface area contributed by atoms with Gasteiger partial charge in [-0.15, -0.1) is 0 Å². The third-order valence-corrected chi connectivity index (χ3v) is 2.56. The first-order valence-corrected chi connectivity index (χ1v) is 5.64. The molecule has 17 heavy (non-hydrogen) atoms. The minimum absolute atomic E-state index is 0.487. The van der Waals surface area contributed by atoms with Crippen LogP contribution in [0.15, 0.2) is 42.6 Å². The predicted molar refractivity (Wildman–Crippen MR) is 69.6 cm³/mol. The lowest BCUT2D eigenvalue weighted by molar-refractivity contribution is 0.414. The molecule has 0 unspecified atom stereocenters. The fourth-order valence-corrected chi connectivity index (χ4v) is 1.67. The van der Waals surface area contributed by atoms with E-state index in [1.807, 2.05) is 30.3 Å². The highest BCUT2D eigenvalue weighted by Gasteiger charge is 1.97. The number of ether oxygens (including phenoxy) is 1. The van der Waals surface area contributed by atoms with Crippen LogP contribution in [0, 0.1) is 0 Å². The van der Waals surface area contributed by atoms with Crippen molar-refractivity contribution in [2.45, 2.75) is 6.54 Å². The van der Waals surface area contributed by atoms with Gasteiger partial charge in [-0.25, -0.2) is 4.98 Å². The van der Waals surface area contributed by atoms with Gasteiger partial charge in [0, 0.05) is 18.4 Å². The van der Waals surface area contributed by atoms with Gasteiger partial charge in [0.2, 0.25) is 0 Å². The number of pyridine rings is 1. The summed E-state index contributed by atoms with van der Waals surface area (Å²) in [6.07, 6.45) is 1.68. The highest BCUT2D eigenvalue weighted by atomic mass is 35.5. The van der Waals surface area contributed by atoms with Crippen LogP contribution >= 0.6 is 11.6 Å². The zero-order valence-corrected chi connectivity index (χ0v) is 10.2. The maximum absolute atomic E-state index is 5.80. The number of benzene rings is 1. The Morgan fingerprint density at radius 2 is 2.18 bits per heavy atom. The number of nitrogens with one attached hydrogen (secondary N) is 1. The van der Waals surface area contributed by atoms with E-state index in [0.717, 1.165) is 23.5 Å². The maximum Gasteiger partial charge on any atom is 0.131 e. The summed E-state index contributed by atoms with van der Waals surface area (Å²) in [5, 5.41) is 3.76. The average molecular weight is 249 g/mol. The molecule has 1 aromatic carbocycles. The van der Waals surface area contributed by atoms with Gasteiger partial charge in [0.15, 0.2) is 0 Å². The van der Waals surface area contributed by atoms with Crippen LogP contribution in [-0.4, -0.2) is 12.1 Å². The molecule has 3 nitrogen and oxygen atoms in total. The van der Waals surface area contributed by atoms with E-state index < -0.39 is 0 Å². The van der Waals surface area contributed by atoms with E-state index in [1.54, 1.807) is 19.4 Å². The molecule has 0 amide bonds. The number of hydrogen-bond acceptors (Lipinski definition) is 3. The van der Waals surface area contributed by atoms with Crippen molar-refractivity contribution in [1.82, 2.24) is 4.98 Å². The van der Waals surface area contributed by atoms with Crippen LogP contribution < -0.4 is 10.1 Å². The summed E-state index contributed by atoms with van der Waals surface area (Å²) >= 11 is 5.80. The molecule has 1 heterocycles. The molecule has 0 fully saturated rings. The van der Waals surface area contributed by atoms with Gasteiger partial charge in [0.25, 0.3) is 0 Å². The summed E-state index contributed by atoms with van der Waals surface area (Å²) in [7, 11) is 1.66. The van der Waals surface area contributed by atoms with Crippen LogP contribution in [0.2, 0.25) is 5.15 Å². The van der Waals surface area contributed by atoms with Crippen LogP contribution in [0.1, 0.15) is 5.56 Å². The molecule has 88 valence electrons. The van der Waals surface area contributed by atoms with Crippen LogP contribution in [0.5, 0.6) is 5.75 Å². The number of aromatic nitrogens is 1. The molecule has 1 N–H and O–H groups in total. The van der Waals surface area contributed by atoms with Gasteiger partial charge in [-0.05, 0) is 29.8 Å². The van der Waals surface area contributed by atoms with Crippen LogP contribution in [0.25, 0.3) is 0 Å². The fourth-order valence-electron chi connectivity index (χ4n) is 1.50. The van der Waals surface area contributed by atoms with E-state index in [4.69, 9.17) is 16.3 Å². The van der Waals surface area contributed by atoms with Crippen molar-refractivity contribution in [1.29, 1.82) is 0 Å². The van der Waals surface area contributed by atoms with Crippen molar-refractivity contribution in [3.05, 3.63) is 53.3 Å². The Hall–Kier alpha value is -1.74. The smallest absolute Gasteiger partial charge is 0.131 e. The number of anilines is 1.